The minimum absolute atomic E-state index is 0.195. The Hall–Kier alpha value is -2.35. The molecule has 0 spiro atoms. The third-order valence-electron chi connectivity index (χ3n) is 4.40. The number of benzene rings is 1. The van der Waals surface area contributed by atoms with E-state index in [0.29, 0.717) is 29.9 Å². The molecule has 0 amide bonds. The highest BCUT2D eigenvalue weighted by Crippen LogP contribution is 2.40. The fraction of sp³-hybridized carbons (Fsp3) is 0.474. The van der Waals surface area contributed by atoms with Crippen molar-refractivity contribution in [2.45, 2.75) is 31.9 Å². The van der Waals surface area contributed by atoms with Crippen LogP contribution in [0.4, 0.5) is 30.6 Å². The smallest absolute Gasteiger partial charge is 0.353 e. The summed E-state index contributed by atoms with van der Waals surface area (Å²) in [4.78, 5) is 11.0. The largest absolute Gasteiger partial charge is 0.416 e. The van der Waals surface area contributed by atoms with Gasteiger partial charge in [-0.05, 0) is 51.6 Å². The lowest BCUT2D eigenvalue weighted by Gasteiger charge is -2.15. The third-order valence-corrected chi connectivity index (χ3v) is 4.40. The summed E-state index contributed by atoms with van der Waals surface area (Å²) in [5.74, 6) is 1.40. The molecule has 1 heterocycles. The predicted molar refractivity (Wildman–Crippen MR) is 101 cm³/mol. The van der Waals surface area contributed by atoms with Gasteiger partial charge in [-0.25, -0.2) is 4.98 Å². The summed E-state index contributed by atoms with van der Waals surface area (Å²) in [6.07, 6.45) is -2.22. The second-order valence-electron chi connectivity index (χ2n) is 7.16. The van der Waals surface area contributed by atoms with Crippen LogP contribution in [0.2, 0.25) is 0 Å². The Morgan fingerprint density at radius 2 is 1.89 bits per heavy atom. The lowest BCUT2D eigenvalue weighted by atomic mass is 10.1. The Labute approximate surface area is 157 Å². The van der Waals surface area contributed by atoms with Crippen molar-refractivity contribution in [2.24, 2.45) is 0 Å². The number of nitrogens with one attached hydrogen (secondary N) is 2. The van der Waals surface area contributed by atoms with Crippen LogP contribution in [0.5, 0.6) is 0 Å². The van der Waals surface area contributed by atoms with Gasteiger partial charge in [0.1, 0.15) is 5.82 Å². The lowest BCUT2D eigenvalue weighted by Crippen LogP contribution is -2.21. The number of aromatic nitrogens is 2. The van der Waals surface area contributed by atoms with Crippen LogP contribution in [-0.4, -0.2) is 42.1 Å². The van der Waals surface area contributed by atoms with Crippen molar-refractivity contribution in [2.75, 3.05) is 37.8 Å². The van der Waals surface area contributed by atoms with E-state index < -0.39 is 11.7 Å². The lowest BCUT2D eigenvalue weighted by molar-refractivity contribution is -0.138. The Morgan fingerprint density at radius 3 is 2.52 bits per heavy atom. The molecule has 0 unspecified atom stereocenters. The maximum absolute atomic E-state index is 13.1. The normalized spacial score (nSPS) is 14.5. The molecule has 0 saturated heterocycles. The molecule has 0 bridgehead atoms. The number of anilines is 3. The molecule has 3 rings (SSSR count). The molecule has 1 aliphatic rings. The van der Waals surface area contributed by atoms with Gasteiger partial charge in [0.15, 0.2) is 0 Å². The van der Waals surface area contributed by atoms with Crippen molar-refractivity contribution in [3.63, 3.8) is 0 Å². The van der Waals surface area contributed by atoms with Crippen LogP contribution in [-0.2, 0) is 6.18 Å². The first-order valence-electron chi connectivity index (χ1n) is 8.95. The first kappa shape index (κ1) is 19.4. The van der Waals surface area contributed by atoms with Crippen molar-refractivity contribution in [1.82, 2.24) is 14.9 Å². The van der Waals surface area contributed by atoms with E-state index in [1.807, 2.05) is 25.1 Å². The highest BCUT2D eigenvalue weighted by Gasteiger charge is 2.32. The van der Waals surface area contributed by atoms with Crippen molar-refractivity contribution in [3.8, 4) is 0 Å². The van der Waals surface area contributed by atoms with Gasteiger partial charge in [-0.1, -0.05) is 6.07 Å². The number of alkyl halides is 3. The summed E-state index contributed by atoms with van der Waals surface area (Å²) in [6.45, 7) is 2.96. The van der Waals surface area contributed by atoms with Crippen LogP contribution in [0.3, 0.4) is 0 Å². The van der Waals surface area contributed by atoms with Gasteiger partial charge in [-0.2, -0.15) is 18.2 Å². The maximum Gasteiger partial charge on any atom is 0.416 e. The van der Waals surface area contributed by atoms with Crippen molar-refractivity contribution in [3.05, 3.63) is 41.1 Å². The number of nitrogens with zero attached hydrogens (tertiary/aromatic N) is 3. The number of likely N-dealkylation sites (N-methyl/N-ethyl adjacent to an activating group) is 1. The van der Waals surface area contributed by atoms with E-state index >= 15 is 0 Å². The molecule has 0 atom stereocenters. The maximum atomic E-state index is 13.1. The number of hydrogen-bond acceptors (Lipinski definition) is 5. The van der Waals surface area contributed by atoms with Gasteiger partial charge in [0, 0.05) is 30.8 Å². The Morgan fingerprint density at radius 1 is 1.15 bits per heavy atom. The zero-order valence-corrected chi connectivity index (χ0v) is 15.7. The summed E-state index contributed by atoms with van der Waals surface area (Å²) in [6, 6.07) is 6.03. The Bertz CT molecular complexity index is 800. The zero-order chi connectivity index (χ0) is 19.6. The van der Waals surface area contributed by atoms with Gasteiger partial charge < -0.3 is 15.5 Å². The molecule has 1 aliphatic carbocycles. The van der Waals surface area contributed by atoms with Gasteiger partial charge in [-0.3, -0.25) is 0 Å². The predicted octanol–water partition coefficient (Wildman–Crippen LogP) is 4.40. The van der Waals surface area contributed by atoms with Crippen LogP contribution in [0.15, 0.2) is 24.3 Å². The quantitative estimate of drug-likeness (QED) is 0.747. The summed E-state index contributed by atoms with van der Waals surface area (Å²) in [5.41, 5.74) is 0.823. The van der Waals surface area contributed by atoms with E-state index in [9.17, 15) is 13.2 Å². The summed E-state index contributed by atoms with van der Waals surface area (Å²) in [5, 5.41) is 6.19. The van der Waals surface area contributed by atoms with Gasteiger partial charge in [0.25, 0.3) is 0 Å². The molecule has 27 heavy (non-hydrogen) atoms. The van der Waals surface area contributed by atoms with E-state index in [-0.39, 0.29) is 5.56 Å². The summed E-state index contributed by atoms with van der Waals surface area (Å²) >= 11 is 0. The van der Waals surface area contributed by atoms with Gasteiger partial charge in [0.2, 0.25) is 5.95 Å². The average Bonchev–Trinajstić information content (AvgIpc) is 3.40. The number of halogens is 3. The molecule has 5 nitrogen and oxygen atoms in total. The van der Waals surface area contributed by atoms with Crippen LogP contribution >= 0.6 is 0 Å². The fourth-order valence-electron chi connectivity index (χ4n) is 2.74. The van der Waals surface area contributed by atoms with E-state index in [4.69, 9.17) is 0 Å². The van der Waals surface area contributed by atoms with Crippen molar-refractivity contribution in [1.29, 1.82) is 0 Å². The van der Waals surface area contributed by atoms with E-state index in [2.05, 4.69) is 20.6 Å². The minimum Gasteiger partial charge on any atom is -0.353 e. The molecule has 146 valence electrons. The van der Waals surface area contributed by atoms with Gasteiger partial charge in [-0.15, -0.1) is 0 Å². The molecule has 2 N–H and O–H groups in total. The number of aryl methyl sites for hydroxylation is 1. The highest BCUT2D eigenvalue weighted by molar-refractivity contribution is 5.60. The number of hydrogen-bond donors (Lipinski definition) is 2. The third kappa shape index (κ3) is 5.32. The molecule has 1 aromatic carbocycles. The summed E-state index contributed by atoms with van der Waals surface area (Å²) < 4.78 is 39.4. The fourth-order valence-corrected chi connectivity index (χ4v) is 2.74. The SMILES string of the molecule is Cc1ccc(Nc2cc(C3CC3)nc(NCCN(C)C)n2)cc1C(F)(F)F. The topological polar surface area (TPSA) is 53.1 Å². The highest BCUT2D eigenvalue weighted by atomic mass is 19.4. The first-order valence-corrected chi connectivity index (χ1v) is 8.95. The van der Waals surface area contributed by atoms with Gasteiger partial charge in [0.05, 0.1) is 11.3 Å². The van der Waals surface area contributed by atoms with E-state index in [1.165, 1.54) is 13.0 Å². The standard InChI is InChI=1S/C19H24F3N5/c1-12-4-7-14(10-15(12)19(20,21)22)24-17-11-16(13-5-6-13)25-18(26-17)23-8-9-27(2)3/h4,7,10-11,13H,5-6,8-9H2,1-3H3,(H2,23,24,25,26). The second-order valence-corrected chi connectivity index (χ2v) is 7.16. The van der Waals surface area contributed by atoms with Crippen molar-refractivity contribution >= 4 is 17.5 Å². The molecule has 2 aromatic rings. The molecule has 1 fully saturated rings. The summed E-state index contributed by atoms with van der Waals surface area (Å²) in [7, 11) is 3.96. The van der Waals surface area contributed by atoms with Crippen LogP contribution in [0, 0.1) is 6.92 Å². The molecule has 1 saturated carbocycles. The Kier molecular flexibility index (Phi) is 5.55. The molecule has 8 heteroatoms. The average molecular weight is 379 g/mol. The minimum atomic E-state index is -4.38. The zero-order valence-electron chi connectivity index (χ0n) is 15.7. The van der Waals surface area contributed by atoms with Gasteiger partial charge >= 0.3 is 6.18 Å². The molecular formula is C19H24F3N5. The Balaban J connectivity index is 1.82. The first-order chi connectivity index (χ1) is 12.7. The monoisotopic (exact) mass is 379 g/mol. The number of rotatable bonds is 7. The molecular weight excluding hydrogens is 355 g/mol. The molecule has 1 aromatic heterocycles. The van der Waals surface area contributed by atoms with Crippen LogP contribution in [0.25, 0.3) is 0 Å². The molecule has 0 aliphatic heterocycles. The van der Waals surface area contributed by atoms with E-state index in [0.717, 1.165) is 31.1 Å². The van der Waals surface area contributed by atoms with E-state index in [1.54, 1.807) is 6.07 Å². The van der Waals surface area contributed by atoms with Crippen molar-refractivity contribution < 1.29 is 13.2 Å². The van der Waals surface area contributed by atoms with Crippen LogP contribution < -0.4 is 10.6 Å². The van der Waals surface area contributed by atoms with Crippen LogP contribution in [0.1, 0.15) is 35.6 Å². The second kappa shape index (κ2) is 7.72. The molecule has 0 radical (unpaired) electrons.